The monoisotopic (exact) mass is 305 g/mol. The van der Waals surface area contributed by atoms with E-state index in [-0.39, 0.29) is 18.2 Å². The second-order valence-corrected chi connectivity index (χ2v) is 5.62. The Morgan fingerprint density at radius 3 is 2.86 bits per heavy atom. The second kappa shape index (κ2) is 7.82. The van der Waals surface area contributed by atoms with E-state index >= 15 is 0 Å². The van der Waals surface area contributed by atoms with Crippen LogP contribution in [0.15, 0.2) is 24.3 Å². The zero-order valence-electron chi connectivity index (χ0n) is 13.0. The number of hydrogen-bond acceptors (Lipinski definition) is 3. The maximum Gasteiger partial charge on any atom is 0.303 e. The van der Waals surface area contributed by atoms with Gasteiger partial charge in [0.25, 0.3) is 5.91 Å². The molecular weight excluding hydrogens is 282 g/mol. The Kier molecular flexibility index (Phi) is 5.81. The molecule has 1 aromatic carbocycles. The fraction of sp³-hybridized carbons (Fsp3) is 0.529. The quantitative estimate of drug-likeness (QED) is 0.877. The normalized spacial score (nSPS) is 18.0. The molecule has 0 spiro atoms. The van der Waals surface area contributed by atoms with Gasteiger partial charge in [-0.2, -0.15) is 0 Å². The molecule has 0 aliphatic carbocycles. The third-order valence-corrected chi connectivity index (χ3v) is 3.99. The van der Waals surface area contributed by atoms with Gasteiger partial charge in [0.15, 0.2) is 0 Å². The van der Waals surface area contributed by atoms with Crippen molar-refractivity contribution in [2.24, 2.45) is 5.92 Å². The first-order valence-corrected chi connectivity index (χ1v) is 7.84. The van der Waals surface area contributed by atoms with Crippen molar-refractivity contribution >= 4 is 11.9 Å². The lowest BCUT2D eigenvalue weighted by Crippen LogP contribution is -2.40. The lowest BCUT2D eigenvalue weighted by molar-refractivity contribution is -0.137. The van der Waals surface area contributed by atoms with Crippen LogP contribution in [0.5, 0.6) is 5.75 Å². The van der Waals surface area contributed by atoms with Crippen molar-refractivity contribution in [2.45, 2.75) is 32.6 Å². The molecule has 0 radical (unpaired) electrons. The number of carbonyl (C=O) groups excluding carboxylic acids is 1. The number of aliphatic carboxylic acids is 1. The van der Waals surface area contributed by atoms with Gasteiger partial charge in [0, 0.05) is 19.5 Å². The molecule has 1 atom stereocenters. The predicted molar refractivity (Wildman–Crippen MR) is 83.1 cm³/mol. The highest BCUT2D eigenvalue weighted by molar-refractivity contribution is 5.97. The largest absolute Gasteiger partial charge is 0.493 e. The average Bonchev–Trinajstić information content (AvgIpc) is 2.53. The maximum absolute atomic E-state index is 12.7. The van der Waals surface area contributed by atoms with Crippen LogP contribution in [0.4, 0.5) is 0 Å². The zero-order chi connectivity index (χ0) is 15.9. The average molecular weight is 305 g/mol. The van der Waals surface area contributed by atoms with Gasteiger partial charge >= 0.3 is 5.97 Å². The summed E-state index contributed by atoms with van der Waals surface area (Å²) >= 11 is 0. The third-order valence-electron chi connectivity index (χ3n) is 3.99. The molecule has 0 saturated carbocycles. The number of carboxylic acid groups (broad SMARTS) is 1. The molecule has 1 aliphatic heterocycles. The van der Waals surface area contributed by atoms with Crippen LogP contribution in [0.25, 0.3) is 0 Å². The number of para-hydroxylation sites is 1. The second-order valence-electron chi connectivity index (χ2n) is 5.62. The molecule has 1 heterocycles. The van der Waals surface area contributed by atoms with Gasteiger partial charge < -0.3 is 14.7 Å². The number of likely N-dealkylation sites (tertiary alicyclic amines) is 1. The number of carboxylic acids is 1. The molecule has 22 heavy (non-hydrogen) atoms. The van der Waals surface area contributed by atoms with E-state index in [0.29, 0.717) is 30.9 Å². The summed E-state index contributed by atoms with van der Waals surface area (Å²) in [5, 5.41) is 8.80. The molecule has 1 saturated heterocycles. The molecule has 5 nitrogen and oxygen atoms in total. The van der Waals surface area contributed by atoms with E-state index in [4.69, 9.17) is 9.84 Å². The zero-order valence-corrected chi connectivity index (χ0v) is 13.0. The van der Waals surface area contributed by atoms with Crippen molar-refractivity contribution in [1.29, 1.82) is 0 Å². The van der Waals surface area contributed by atoms with Gasteiger partial charge in [-0.15, -0.1) is 0 Å². The minimum atomic E-state index is -0.773. The molecule has 120 valence electrons. The molecular formula is C17H23NO4. The van der Waals surface area contributed by atoms with E-state index in [1.807, 2.05) is 30.0 Å². The smallest absolute Gasteiger partial charge is 0.303 e. The summed E-state index contributed by atoms with van der Waals surface area (Å²) in [6, 6.07) is 7.28. The SMILES string of the molecule is CCOc1ccccc1C(=O)N1CCC[C@H](CCC(=O)O)C1. The van der Waals surface area contributed by atoms with Crippen LogP contribution in [0.3, 0.4) is 0 Å². The molecule has 1 N–H and O–H groups in total. The topological polar surface area (TPSA) is 66.8 Å². The Labute approximate surface area is 130 Å². The van der Waals surface area contributed by atoms with E-state index in [1.165, 1.54) is 0 Å². The highest BCUT2D eigenvalue weighted by Crippen LogP contribution is 2.25. The number of hydrogen-bond donors (Lipinski definition) is 1. The Balaban J connectivity index is 2.04. The molecule has 0 bridgehead atoms. The minimum Gasteiger partial charge on any atom is -0.493 e. The summed E-state index contributed by atoms with van der Waals surface area (Å²) in [7, 11) is 0. The van der Waals surface area contributed by atoms with Crippen LogP contribution in [0.2, 0.25) is 0 Å². The summed E-state index contributed by atoms with van der Waals surface area (Å²) in [5.41, 5.74) is 0.586. The number of benzene rings is 1. The Morgan fingerprint density at radius 2 is 2.14 bits per heavy atom. The van der Waals surface area contributed by atoms with Crippen molar-refractivity contribution in [1.82, 2.24) is 4.90 Å². The van der Waals surface area contributed by atoms with Crippen LogP contribution in [0.1, 0.15) is 43.0 Å². The molecule has 1 fully saturated rings. The molecule has 1 aliphatic rings. The third kappa shape index (κ3) is 4.23. The van der Waals surface area contributed by atoms with Crippen LogP contribution in [0, 0.1) is 5.92 Å². The predicted octanol–water partition coefficient (Wildman–Crippen LogP) is 2.80. The van der Waals surface area contributed by atoms with Crippen molar-refractivity contribution < 1.29 is 19.4 Å². The number of carbonyl (C=O) groups is 2. The van der Waals surface area contributed by atoms with Crippen LogP contribution in [-0.2, 0) is 4.79 Å². The molecule has 0 unspecified atom stereocenters. The van der Waals surface area contributed by atoms with Crippen molar-refractivity contribution in [2.75, 3.05) is 19.7 Å². The van der Waals surface area contributed by atoms with Gasteiger partial charge in [0.05, 0.1) is 12.2 Å². The fourth-order valence-corrected chi connectivity index (χ4v) is 2.91. The molecule has 2 rings (SSSR count). The molecule has 0 aromatic heterocycles. The van der Waals surface area contributed by atoms with E-state index in [0.717, 1.165) is 19.4 Å². The lowest BCUT2D eigenvalue weighted by Gasteiger charge is -2.33. The van der Waals surface area contributed by atoms with Crippen molar-refractivity contribution in [3.05, 3.63) is 29.8 Å². The first-order valence-electron chi connectivity index (χ1n) is 7.84. The Morgan fingerprint density at radius 1 is 1.36 bits per heavy atom. The van der Waals surface area contributed by atoms with E-state index < -0.39 is 5.97 Å². The number of nitrogens with zero attached hydrogens (tertiary/aromatic N) is 1. The first kappa shape index (κ1) is 16.3. The molecule has 1 aromatic rings. The van der Waals surface area contributed by atoms with Crippen LogP contribution >= 0.6 is 0 Å². The lowest BCUT2D eigenvalue weighted by atomic mass is 9.93. The fourth-order valence-electron chi connectivity index (χ4n) is 2.91. The van der Waals surface area contributed by atoms with E-state index in [2.05, 4.69) is 0 Å². The molecule has 5 heteroatoms. The maximum atomic E-state index is 12.7. The Hall–Kier alpha value is -2.04. The van der Waals surface area contributed by atoms with Gasteiger partial charge in [0.1, 0.15) is 5.75 Å². The number of ether oxygens (including phenoxy) is 1. The van der Waals surface area contributed by atoms with Gasteiger partial charge in [0.2, 0.25) is 0 Å². The van der Waals surface area contributed by atoms with Crippen molar-refractivity contribution in [3.63, 3.8) is 0 Å². The van der Waals surface area contributed by atoms with Gasteiger partial charge in [-0.05, 0) is 44.2 Å². The van der Waals surface area contributed by atoms with Crippen LogP contribution in [-0.4, -0.2) is 41.6 Å². The summed E-state index contributed by atoms with van der Waals surface area (Å²) in [6.07, 6.45) is 2.71. The van der Waals surface area contributed by atoms with Gasteiger partial charge in [-0.1, -0.05) is 12.1 Å². The summed E-state index contributed by atoms with van der Waals surface area (Å²) < 4.78 is 5.53. The Bertz CT molecular complexity index is 529. The highest BCUT2D eigenvalue weighted by atomic mass is 16.5. The summed E-state index contributed by atoms with van der Waals surface area (Å²) in [5.74, 6) is 0.0879. The standard InChI is InChI=1S/C17H23NO4/c1-2-22-15-8-4-3-7-14(15)17(21)18-11-5-6-13(12-18)9-10-16(19)20/h3-4,7-8,13H,2,5-6,9-12H2,1H3,(H,19,20)/t13-/m1/s1. The van der Waals surface area contributed by atoms with Crippen LogP contribution < -0.4 is 4.74 Å². The summed E-state index contributed by atoms with van der Waals surface area (Å²) in [4.78, 5) is 25.2. The minimum absolute atomic E-state index is 0.0240. The summed E-state index contributed by atoms with van der Waals surface area (Å²) in [6.45, 7) is 3.77. The van der Waals surface area contributed by atoms with Crippen molar-refractivity contribution in [3.8, 4) is 5.75 Å². The number of rotatable bonds is 6. The molecule has 1 amide bonds. The van der Waals surface area contributed by atoms with Gasteiger partial charge in [-0.25, -0.2) is 0 Å². The number of piperidine rings is 1. The highest BCUT2D eigenvalue weighted by Gasteiger charge is 2.26. The first-order chi connectivity index (χ1) is 10.6. The van der Waals surface area contributed by atoms with E-state index in [9.17, 15) is 9.59 Å². The van der Waals surface area contributed by atoms with E-state index in [1.54, 1.807) is 6.07 Å². The van der Waals surface area contributed by atoms with Gasteiger partial charge in [-0.3, -0.25) is 9.59 Å². The number of amides is 1.